The molecule has 0 aromatic heterocycles. The highest BCUT2D eigenvalue weighted by molar-refractivity contribution is 14.1. The van der Waals surface area contributed by atoms with E-state index in [4.69, 9.17) is 15.1 Å². The van der Waals surface area contributed by atoms with Crippen LogP contribution in [0.4, 0.5) is 4.39 Å². The molecule has 0 aliphatic heterocycles. The largest absolute Gasteiger partial charge is 0.478 e. The molecule has 0 fully saturated rings. The van der Waals surface area contributed by atoms with Gasteiger partial charge in [0.15, 0.2) is 0 Å². The second-order valence-electron chi connectivity index (χ2n) is 3.80. The van der Waals surface area contributed by atoms with Crippen molar-refractivity contribution < 1.29 is 19.0 Å². The molecule has 2 aromatic carbocycles. The van der Waals surface area contributed by atoms with Gasteiger partial charge in [0.25, 0.3) is 0 Å². The van der Waals surface area contributed by atoms with Crippen LogP contribution in [-0.4, -0.2) is 11.1 Å². The molecule has 20 heavy (non-hydrogen) atoms. The summed E-state index contributed by atoms with van der Waals surface area (Å²) in [5.74, 6) is -1.14. The van der Waals surface area contributed by atoms with Gasteiger partial charge in [-0.3, -0.25) is 0 Å². The normalized spacial score (nSPS) is 9.85. The molecule has 0 unspecified atom stereocenters. The highest BCUT2D eigenvalue weighted by Crippen LogP contribution is 2.30. The number of aromatic carboxylic acids is 1. The zero-order valence-electron chi connectivity index (χ0n) is 9.93. The summed E-state index contributed by atoms with van der Waals surface area (Å²) in [5, 5.41) is 17.9. The molecule has 0 heterocycles. The van der Waals surface area contributed by atoms with Gasteiger partial charge in [-0.05, 0) is 59.0 Å². The highest BCUT2D eigenvalue weighted by Gasteiger charge is 2.11. The minimum Gasteiger partial charge on any atom is -0.478 e. The fourth-order valence-electron chi connectivity index (χ4n) is 1.51. The molecular formula is C14H7FINO3. The van der Waals surface area contributed by atoms with E-state index in [2.05, 4.69) is 0 Å². The number of carbonyl (C=O) groups is 1. The third kappa shape index (κ3) is 3.05. The summed E-state index contributed by atoms with van der Waals surface area (Å²) in [6, 6.07) is 9.79. The molecule has 0 spiro atoms. The molecule has 100 valence electrons. The fraction of sp³-hybridized carbons (Fsp3) is 0. The monoisotopic (exact) mass is 383 g/mol. The molecule has 2 rings (SSSR count). The average Bonchev–Trinajstić information content (AvgIpc) is 2.42. The van der Waals surface area contributed by atoms with E-state index in [1.54, 1.807) is 6.07 Å². The van der Waals surface area contributed by atoms with Crippen LogP contribution in [0.5, 0.6) is 11.5 Å². The van der Waals surface area contributed by atoms with Crippen molar-refractivity contribution in [2.24, 2.45) is 0 Å². The number of ether oxygens (including phenoxy) is 1. The maximum absolute atomic E-state index is 13.0. The van der Waals surface area contributed by atoms with Gasteiger partial charge < -0.3 is 9.84 Å². The zero-order chi connectivity index (χ0) is 14.7. The van der Waals surface area contributed by atoms with Gasteiger partial charge >= 0.3 is 5.97 Å². The second-order valence-corrected chi connectivity index (χ2v) is 4.97. The lowest BCUT2D eigenvalue weighted by Crippen LogP contribution is -1.98. The van der Waals surface area contributed by atoms with E-state index in [0.717, 1.165) is 6.07 Å². The number of benzene rings is 2. The summed E-state index contributed by atoms with van der Waals surface area (Å²) in [6.07, 6.45) is 0. The number of nitriles is 1. The number of hydrogen-bond donors (Lipinski definition) is 1. The molecule has 2 aromatic rings. The van der Waals surface area contributed by atoms with Crippen LogP contribution in [0.2, 0.25) is 0 Å². The quantitative estimate of drug-likeness (QED) is 0.819. The summed E-state index contributed by atoms with van der Waals surface area (Å²) in [5.41, 5.74) is 0.113. The van der Waals surface area contributed by atoms with Crippen LogP contribution < -0.4 is 4.74 Å². The van der Waals surface area contributed by atoms with Crippen LogP contribution in [0.3, 0.4) is 0 Å². The van der Waals surface area contributed by atoms with Crippen molar-refractivity contribution in [2.75, 3.05) is 0 Å². The predicted molar refractivity (Wildman–Crippen MR) is 77.3 cm³/mol. The molecule has 0 radical (unpaired) electrons. The Hall–Kier alpha value is -2.14. The highest BCUT2D eigenvalue weighted by atomic mass is 127. The third-order valence-corrected chi connectivity index (χ3v) is 3.35. The Morgan fingerprint density at radius 3 is 2.65 bits per heavy atom. The van der Waals surface area contributed by atoms with Crippen LogP contribution in [0.25, 0.3) is 0 Å². The van der Waals surface area contributed by atoms with Crippen LogP contribution >= 0.6 is 22.6 Å². The van der Waals surface area contributed by atoms with E-state index >= 15 is 0 Å². The van der Waals surface area contributed by atoms with Crippen molar-refractivity contribution in [3.8, 4) is 17.6 Å². The lowest BCUT2D eigenvalue weighted by atomic mass is 10.2. The Kier molecular flexibility index (Phi) is 4.20. The SMILES string of the molecule is N#Cc1cc(F)ccc1Oc1cc(C(=O)O)ccc1I. The van der Waals surface area contributed by atoms with Gasteiger partial charge in [0.2, 0.25) is 0 Å². The van der Waals surface area contributed by atoms with Gasteiger partial charge in [-0.15, -0.1) is 0 Å². The lowest BCUT2D eigenvalue weighted by Gasteiger charge is -2.10. The molecular weight excluding hydrogens is 376 g/mol. The molecule has 0 aliphatic rings. The predicted octanol–water partition coefficient (Wildman–Crippen LogP) is 3.79. The first-order valence-corrected chi connectivity index (χ1v) is 6.49. The number of carboxylic acids is 1. The smallest absolute Gasteiger partial charge is 0.335 e. The molecule has 0 atom stereocenters. The molecule has 0 bridgehead atoms. The van der Waals surface area contributed by atoms with Crippen molar-refractivity contribution in [3.05, 3.63) is 56.9 Å². The van der Waals surface area contributed by atoms with Crippen LogP contribution in [-0.2, 0) is 0 Å². The summed E-state index contributed by atoms with van der Waals surface area (Å²) in [4.78, 5) is 10.9. The van der Waals surface area contributed by atoms with Gasteiger partial charge in [-0.2, -0.15) is 5.26 Å². The first-order chi connectivity index (χ1) is 9.51. The molecule has 0 saturated carbocycles. The summed E-state index contributed by atoms with van der Waals surface area (Å²) in [6.45, 7) is 0. The van der Waals surface area contributed by atoms with E-state index in [1.807, 2.05) is 28.7 Å². The molecule has 4 nitrogen and oxygen atoms in total. The van der Waals surface area contributed by atoms with E-state index in [-0.39, 0.29) is 16.9 Å². The molecule has 6 heteroatoms. The number of halogens is 2. The van der Waals surface area contributed by atoms with Crippen molar-refractivity contribution in [1.82, 2.24) is 0 Å². The van der Waals surface area contributed by atoms with Gasteiger partial charge in [0.1, 0.15) is 23.4 Å². The first-order valence-electron chi connectivity index (χ1n) is 5.41. The van der Waals surface area contributed by atoms with Crippen molar-refractivity contribution >= 4 is 28.6 Å². The minimum absolute atomic E-state index is 0.0431. The molecule has 0 amide bonds. The average molecular weight is 383 g/mol. The first kappa shape index (κ1) is 14.3. The number of carboxylic acid groups (broad SMARTS) is 1. The Morgan fingerprint density at radius 2 is 2.00 bits per heavy atom. The number of rotatable bonds is 3. The van der Waals surface area contributed by atoms with E-state index < -0.39 is 11.8 Å². The molecule has 0 saturated heterocycles. The maximum Gasteiger partial charge on any atom is 0.335 e. The van der Waals surface area contributed by atoms with Crippen LogP contribution in [0.15, 0.2) is 36.4 Å². The zero-order valence-corrected chi connectivity index (χ0v) is 12.1. The number of hydrogen-bond acceptors (Lipinski definition) is 3. The minimum atomic E-state index is -1.08. The van der Waals surface area contributed by atoms with E-state index in [9.17, 15) is 9.18 Å². The van der Waals surface area contributed by atoms with Gasteiger partial charge in [0.05, 0.1) is 14.7 Å². The Morgan fingerprint density at radius 1 is 1.25 bits per heavy atom. The van der Waals surface area contributed by atoms with Gasteiger partial charge in [-0.1, -0.05) is 0 Å². The van der Waals surface area contributed by atoms with Crippen LogP contribution in [0, 0.1) is 20.7 Å². The van der Waals surface area contributed by atoms with Crippen LogP contribution in [0.1, 0.15) is 15.9 Å². The molecule has 0 aliphatic carbocycles. The third-order valence-electron chi connectivity index (χ3n) is 2.46. The van der Waals surface area contributed by atoms with Gasteiger partial charge in [0, 0.05) is 0 Å². The van der Waals surface area contributed by atoms with Gasteiger partial charge in [-0.25, -0.2) is 9.18 Å². The molecule has 1 N–H and O–H groups in total. The number of nitrogens with zero attached hydrogens (tertiary/aromatic N) is 1. The van der Waals surface area contributed by atoms with Crippen molar-refractivity contribution in [3.63, 3.8) is 0 Å². The van der Waals surface area contributed by atoms with Crippen molar-refractivity contribution in [1.29, 1.82) is 5.26 Å². The summed E-state index contributed by atoms with van der Waals surface area (Å²) < 4.78 is 19.2. The maximum atomic E-state index is 13.0. The Labute approximate surface area is 127 Å². The Balaban J connectivity index is 2.42. The van der Waals surface area contributed by atoms with E-state index in [1.165, 1.54) is 24.3 Å². The van der Waals surface area contributed by atoms with Crippen molar-refractivity contribution in [2.45, 2.75) is 0 Å². The second kappa shape index (κ2) is 5.88. The topological polar surface area (TPSA) is 70.3 Å². The lowest BCUT2D eigenvalue weighted by molar-refractivity contribution is 0.0696. The van der Waals surface area contributed by atoms with E-state index in [0.29, 0.717) is 9.32 Å². The summed E-state index contributed by atoms with van der Waals surface area (Å²) in [7, 11) is 0. The Bertz CT molecular complexity index is 725. The fourth-order valence-corrected chi connectivity index (χ4v) is 1.96. The standard InChI is InChI=1S/C14H7FINO3/c15-10-2-4-12(9(5-10)7-17)20-13-6-8(14(18)19)1-3-11(13)16/h1-6H,(H,18,19). The summed E-state index contributed by atoms with van der Waals surface area (Å²) >= 11 is 1.98.